The Morgan fingerprint density at radius 3 is 1.04 bits per heavy atom. The van der Waals surface area contributed by atoms with Crippen LogP contribution >= 0.6 is 0 Å². The van der Waals surface area contributed by atoms with E-state index in [1.54, 1.807) is 12.1 Å². The Bertz CT molecular complexity index is 2450. The number of carbonyl (C=O) groups is 4. The summed E-state index contributed by atoms with van der Waals surface area (Å²) in [4.78, 5) is 42.7. The lowest BCUT2D eigenvalue weighted by Crippen LogP contribution is -2.21. The van der Waals surface area contributed by atoms with Crippen LogP contribution in [0.1, 0.15) is 220 Å². The van der Waals surface area contributed by atoms with E-state index in [2.05, 4.69) is 177 Å². The Morgan fingerprint density at radius 2 is 0.765 bits per heavy atom. The first-order valence-corrected chi connectivity index (χ1v) is 31.3. The van der Waals surface area contributed by atoms with Gasteiger partial charge in [-0.2, -0.15) is 0 Å². The van der Waals surface area contributed by atoms with Crippen LogP contribution in [0.2, 0.25) is 0 Å². The number of aliphatic hydroxyl groups is 2. The zero-order valence-corrected chi connectivity index (χ0v) is 56.1. The lowest BCUT2D eigenvalue weighted by molar-refractivity contribution is -0.119. The monoisotopic (exact) mass is 1170 g/mol. The summed E-state index contributed by atoms with van der Waals surface area (Å²) in [5.74, 6) is 1.33. The van der Waals surface area contributed by atoms with Gasteiger partial charge in [0, 0.05) is 63.0 Å². The number of hydrogen-bond acceptors (Lipinski definition) is 8. The number of ether oxygens (including phenoxy) is 2. The summed E-state index contributed by atoms with van der Waals surface area (Å²) in [7, 11) is 0. The smallest absolute Gasteiger partial charge is 0.221 e. The molecule has 85 heavy (non-hydrogen) atoms. The van der Waals surface area contributed by atoms with E-state index < -0.39 is 12.2 Å². The van der Waals surface area contributed by atoms with Crippen molar-refractivity contribution in [3.63, 3.8) is 0 Å². The van der Waals surface area contributed by atoms with Crippen molar-refractivity contribution in [2.24, 2.45) is 5.41 Å². The number of unbranched alkanes of at least 4 members (excludes halogenated alkanes) is 3. The molecule has 0 saturated carbocycles. The summed E-state index contributed by atoms with van der Waals surface area (Å²) in [5, 5.41) is 30.1. The van der Waals surface area contributed by atoms with Crippen molar-refractivity contribution in [3.8, 4) is 11.5 Å². The van der Waals surface area contributed by atoms with E-state index in [-0.39, 0.29) is 34.5 Å². The molecule has 0 spiro atoms. The molecule has 0 saturated heterocycles. The van der Waals surface area contributed by atoms with E-state index in [0.29, 0.717) is 42.8 Å². The van der Waals surface area contributed by atoms with Crippen LogP contribution in [0.15, 0.2) is 115 Å². The third-order valence-corrected chi connectivity index (χ3v) is 15.2. The number of anilines is 2. The van der Waals surface area contributed by atoms with Gasteiger partial charge in [-0.25, -0.2) is 0 Å². The number of aryl methyl sites for hydroxylation is 3. The second-order valence-corrected chi connectivity index (χ2v) is 23.2. The molecule has 0 aromatic heterocycles. The molecule has 0 heterocycles. The molecule has 4 amide bonds. The molecule has 12 nitrogen and oxygen atoms in total. The minimum Gasteiger partial charge on any atom is -0.491 e. The summed E-state index contributed by atoms with van der Waals surface area (Å²) in [5.41, 5.74) is 10.7. The Labute approximate surface area is 515 Å². The first-order valence-electron chi connectivity index (χ1n) is 31.3. The maximum Gasteiger partial charge on any atom is 0.221 e. The first kappa shape index (κ1) is 78.5. The zero-order chi connectivity index (χ0) is 64.6. The van der Waals surface area contributed by atoms with E-state index in [0.717, 1.165) is 55.8 Å². The third-order valence-electron chi connectivity index (χ3n) is 15.2. The van der Waals surface area contributed by atoms with Gasteiger partial charge in [-0.15, -0.1) is 0 Å². The zero-order valence-electron chi connectivity index (χ0n) is 56.1. The number of hydrogen-bond donors (Lipinski definition) is 6. The van der Waals surface area contributed by atoms with Crippen molar-refractivity contribution >= 4 is 35.0 Å². The fourth-order valence-corrected chi connectivity index (χ4v) is 8.69. The lowest BCUT2D eigenvalue weighted by Gasteiger charge is -2.28. The van der Waals surface area contributed by atoms with Gasteiger partial charge in [0.25, 0.3) is 0 Å². The lowest BCUT2D eigenvalue weighted by atomic mass is 9.78. The van der Waals surface area contributed by atoms with Crippen LogP contribution in [-0.2, 0) is 30.0 Å². The van der Waals surface area contributed by atoms with Gasteiger partial charge in [0.15, 0.2) is 0 Å². The Morgan fingerprint density at radius 1 is 0.447 bits per heavy atom. The number of rotatable bonds is 25. The highest BCUT2D eigenvalue weighted by molar-refractivity contribution is 5.93. The highest BCUT2D eigenvalue weighted by Crippen LogP contribution is 2.35. The molecular weight excluding hydrogens is 1060 g/mol. The van der Waals surface area contributed by atoms with Gasteiger partial charge >= 0.3 is 0 Å². The average Bonchev–Trinajstić information content (AvgIpc) is 3.03. The number of benzene rings is 5. The van der Waals surface area contributed by atoms with Crippen LogP contribution in [-0.4, -0.2) is 72.4 Å². The minimum atomic E-state index is -0.430. The number of amides is 4. The topological polar surface area (TPSA) is 175 Å². The molecule has 474 valence electrons. The molecule has 0 aliphatic carbocycles. The first-order chi connectivity index (χ1) is 40.1. The van der Waals surface area contributed by atoms with Crippen molar-refractivity contribution in [2.75, 3.05) is 36.9 Å². The van der Waals surface area contributed by atoms with Gasteiger partial charge in [0.1, 0.15) is 24.7 Å². The molecule has 0 aliphatic heterocycles. The predicted molar refractivity (Wildman–Crippen MR) is 358 cm³/mol. The van der Waals surface area contributed by atoms with Gasteiger partial charge in [-0.05, 0) is 116 Å². The summed E-state index contributed by atoms with van der Waals surface area (Å²) in [6.45, 7) is 40.5. The summed E-state index contributed by atoms with van der Waals surface area (Å²) in [6, 6.07) is 39.1. The fourth-order valence-electron chi connectivity index (χ4n) is 8.69. The maximum absolute atomic E-state index is 10.9. The van der Waals surface area contributed by atoms with Crippen molar-refractivity contribution in [2.45, 2.75) is 225 Å². The van der Waals surface area contributed by atoms with E-state index >= 15 is 0 Å². The van der Waals surface area contributed by atoms with Crippen LogP contribution < -0.4 is 30.7 Å². The van der Waals surface area contributed by atoms with E-state index in [4.69, 9.17) is 9.47 Å². The number of carbonyl (C=O) groups excluding carboxylic acids is 4. The molecule has 12 heteroatoms. The standard InChI is InChI=1S/C23H32O4.C17H20.C11H14N2O2.C10H20N2O2.C9H20.C3H8/c1-5-19(24)15-26-21-11-7-17(8-12-21)23(3,4)18-9-13-22(14-10-18)27-16-20(25)6-2;1-13-5-9-15(10-6-13)17(3,4)16-11-7-14(2)8-12-16;1-7-4-5-10(12-8(2)14)6-11(7)13-9(3)15;1-9(13)11-7-5-3-4-6-8-12-10(2)14;1-5-9(6-2,7-3)8-4;1-3-2/h7-14,19-20,24-25H,5-6,15-16H2,1-4H3;5-12H,1-4H3;4-6H,1-3H3,(H,12,14)(H,13,15);3-8H2,1-2H3,(H,11,13)(H,12,14);5-8H2,1-4H3;3H2,1-2H3. The Balaban J connectivity index is 0.00000107. The SMILES string of the molecule is CC(=O)NCCCCCCNC(C)=O.CC(=O)Nc1ccc(C)c(NC(C)=O)c1.CCC.CCC(CC)(CC)CC.CCC(O)COc1ccc(C(C)(C)c2ccc(OCC(O)CC)cc2)cc1.Cc1ccc(C(C)(C)c2ccc(C)cc2)cc1. The second-order valence-electron chi connectivity index (χ2n) is 23.2. The molecule has 5 aromatic rings. The van der Waals surface area contributed by atoms with Crippen LogP contribution in [0.3, 0.4) is 0 Å². The maximum atomic E-state index is 10.9. The van der Waals surface area contributed by atoms with E-state index in [1.165, 1.54) is 93.2 Å². The second kappa shape index (κ2) is 43.2. The average molecular weight is 1180 g/mol. The molecule has 5 rings (SSSR count). The molecule has 5 aromatic carbocycles. The Hall–Kier alpha value is -6.50. The van der Waals surface area contributed by atoms with Gasteiger partial charge in [0.2, 0.25) is 23.6 Å². The highest BCUT2D eigenvalue weighted by atomic mass is 16.5. The summed E-state index contributed by atoms with van der Waals surface area (Å²) < 4.78 is 11.2. The molecule has 0 fully saturated rings. The molecule has 2 atom stereocenters. The van der Waals surface area contributed by atoms with Crippen LogP contribution in [0.4, 0.5) is 11.4 Å². The summed E-state index contributed by atoms with van der Waals surface area (Å²) >= 11 is 0. The predicted octanol–water partition coefficient (Wildman–Crippen LogP) is 16.7. The van der Waals surface area contributed by atoms with Crippen molar-refractivity contribution in [1.29, 1.82) is 0 Å². The van der Waals surface area contributed by atoms with Gasteiger partial charge < -0.3 is 41.0 Å². The normalized spacial score (nSPS) is 11.4. The molecular formula is C73H114N4O8. The highest BCUT2D eigenvalue weighted by Gasteiger charge is 2.24. The van der Waals surface area contributed by atoms with Crippen LogP contribution in [0, 0.1) is 26.2 Å². The van der Waals surface area contributed by atoms with Crippen molar-refractivity contribution in [1.82, 2.24) is 10.6 Å². The molecule has 6 N–H and O–H groups in total. The molecule has 0 aliphatic rings. The van der Waals surface area contributed by atoms with Crippen LogP contribution in [0.25, 0.3) is 0 Å². The fraction of sp³-hybridized carbons (Fsp3) is 0.534. The minimum absolute atomic E-state index is 0.0308. The van der Waals surface area contributed by atoms with E-state index in [1.807, 2.05) is 51.1 Å². The number of nitrogens with one attached hydrogen (secondary N) is 4. The Kier molecular flexibility index (Phi) is 39.9. The number of aliphatic hydroxyl groups excluding tert-OH is 2. The van der Waals surface area contributed by atoms with Gasteiger partial charge in [0.05, 0.1) is 12.2 Å². The van der Waals surface area contributed by atoms with Crippen molar-refractivity contribution in [3.05, 3.63) is 154 Å². The van der Waals surface area contributed by atoms with Crippen molar-refractivity contribution < 1.29 is 38.9 Å². The quantitative estimate of drug-likeness (QED) is 0.0313. The largest absolute Gasteiger partial charge is 0.491 e. The third kappa shape index (κ3) is 33.1. The van der Waals surface area contributed by atoms with E-state index in [9.17, 15) is 29.4 Å². The van der Waals surface area contributed by atoms with Crippen LogP contribution in [0.5, 0.6) is 11.5 Å². The molecule has 2 unspecified atom stereocenters. The summed E-state index contributed by atoms with van der Waals surface area (Å²) in [6.07, 6.45) is 11.4. The molecule has 0 bridgehead atoms. The van der Waals surface area contributed by atoms with Gasteiger partial charge in [-0.1, -0.05) is 218 Å². The van der Waals surface area contributed by atoms with Gasteiger partial charge in [-0.3, -0.25) is 19.2 Å². The molecule has 0 radical (unpaired) electrons.